The fraction of sp³-hybridized carbons (Fsp3) is 0.308. The van der Waals surface area contributed by atoms with Crippen LogP contribution in [0.25, 0.3) is 11.0 Å². The number of rotatable bonds is 4. The van der Waals surface area contributed by atoms with Gasteiger partial charge in [0.1, 0.15) is 0 Å². The molecule has 1 N–H and O–H groups in total. The number of aliphatic hydroxyl groups excluding tert-OH is 1. The number of carbonyl (C=O) groups is 1. The molecule has 1 aromatic carbocycles. The standard InChI is InChI=1S/C13H13ClO5/c1-3-18-13(16)11(15)8-6-9(17-2)12-7(10(8)14)4-5-19-12/h4-6,11,15H,3H2,1-2H3. The van der Waals surface area contributed by atoms with Crippen molar-refractivity contribution >= 4 is 28.5 Å². The molecule has 6 heteroatoms. The van der Waals surface area contributed by atoms with Gasteiger partial charge in [0, 0.05) is 10.9 Å². The van der Waals surface area contributed by atoms with Gasteiger partial charge in [-0.15, -0.1) is 0 Å². The second kappa shape index (κ2) is 5.50. The van der Waals surface area contributed by atoms with Crippen LogP contribution in [0.2, 0.25) is 5.02 Å². The number of methoxy groups -OCH3 is 1. The van der Waals surface area contributed by atoms with Crippen LogP contribution in [0.15, 0.2) is 22.8 Å². The lowest BCUT2D eigenvalue weighted by atomic mass is 10.1. The fourth-order valence-corrected chi connectivity index (χ4v) is 2.10. The molecule has 0 saturated heterocycles. The van der Waals surface area contributed by atoms with E-state index in [0.29, 0.717) is 16.7 Å². The summed E-state index contributed by atoms with van der Waals surface area (Å²) >= 11 is 6.17. The molecule has 0 aliphatic carbocycles. The van der Waals surface area contributed by atoms with Crippen LogP contribution in [0.5, 0.6) is 5.75 Å². The van der Waals surface area contributed by atoms with Gasteiger partial charge in [-0.3, -0.25) is 0 Å². The van der Waals surface area contributed by atoms with E-state index in [2.05, 4.69) is 0 Å². The predicted molar refractivity (Wildman–Crippen MR) is 69.4 cm³/mol. The minimum absolute atomic E-state index is 0.179. The van der Waals surface area contributed by atoms with Crippen molar-refractivity contribution in [3.63, 3.8) is 0 Å². The maximum atomic E-state index is 11.6. The Bertz CT molecular complexity index is 604. The van der Waals surface area contributed by atoms with E-state index < -0.39 is 12.1 Å². The first-order chi connectivity index (χ1) is 9.10. The highest BCUT2D eigenvalue weighted by molar-refractivity contribution is 6.36. The van der Waals surface area contributed by atoms with Crippen molar-refractivity contribution in [2.24, 2.45) is 0 Å². The van der Waals surface area contributed by atoms with Crippen molar-refractivity contribution in [3.8, 4) is 5.75 Å². The molecule has 1 heterocycles. The van der Waals surface area contributed by atoms with E-state index in [1.165, 1.54) is 19.4 Å². The van der Waals surface area contributed by atoms with E-state index in [1.807, 2.05) is 0 Å². The van der Waals surface area contributed by atoms with Gasteiger partial charge in [0.05, 0.1) is 25.0 Å². The summed E-state index contributed by atoms with van der Waals surface area (Å²) in [5, 5.41) is 10.8. The van der Waals surface area contributed by atoms with E-state index in [-0.39, 0.29) is 17.2 Å². The van der Waals surface area contributed by atoms with Gasteiger partial charge in [-0.25, -0.2) is 4.79 Å². The molecule has 0 bridgehead atoms. The molecule has 0 amide bonds. The Balaban J connectivity index is 2.54. The summed E-state index contributed by atoms with van der Waals surface area (Å²) in [5.41, 5.74) is 0.693. The van der Waals surface area contributed by atoms with Crippen molar-refractivity contribution in [3.05, 3.63) is 29.0 Å². The summed E-state index contributed by atoms with van der Waals surface area (Å²) in [7, 11) is 1.46. The maximum absolute atomic E-state index is 11.6. The van der Waals surface area contributed by atoms with E-state index in [1.54, 1.807) is 13.0 Å². The molecule has 102 valence electrons. The maximum Gasteiger partial charge on any atom is 0.339 e. The average molecular weight is 285 g/mol. The lowest BCUT2D eigenvalue weighted by molar-refractivity contribution is -0.153. The lowest BCUT2D eigenvalue weighted by Crippen LogP contribution is -2.16. The molecule has 0 saturated carbocycles. The van der Waals surface area contributed by atoms with Gasteiger partial charge in [0.2, 0.25) is 0 Å². The zero-order valence-corrected chi connectivity index (χ0v) is 11.2. The minimum atomic E-state index is -1.46. The molecule has 0 aliphatic rings. The highest BCUT2D eigenvalue weighted by Gasteiger charge is 2.25. The molecule has 1 atom stereocenters. The number of fused-ring (bicyclic) bond motifs is 1. The molecule has 0 aliphatic heterocycles. The second-order valence-electron chi connectivity index (χ2n) is 3.80. The Hall–Kier alpha value is -1.72. The average Bonchev–Trinajstić information content (AvgIpc) is 2.89. The third-order valence-electron chi connectivity index (χ3n) is 2.69. The zero-order chi connectivity index (χ0) is 14.0. The van der Waals surface area contributed by atoms with Crippen molar-refractivity contribution in [1.29, 1.82) is 0 Å². The molecule has 2 rings (SSSR count). The second-order valence-corrected chi connectivity index (χ2v) is 4.18. The van der Waals surface area contributed by atoms with Crippen LogP contribution in [-0.4, -0.2) is 24.8 Å². The molecular formula is C13H13ClO5. The van der Waals surface area contributed by atoms with Gasteiger partial charge in [-0.05, 0) is 19.1 Å². The summed E-state index contributed by atoms with van der Waals surface area (Å²) in [6.07, 6.45) is 0.000197. The summed E-state index contributed by atoms with van der Waals surface area (Å²) in [4.78, 5) is 11.6. The molecule has 0 fully saturated rings. The quantitative estimate of drug-likeness (QED) is 0.874. The Kier molecular flexibility index (Phi) is 3.97. The molecule has 2 aromatic rings. The Morgan fingerprint density at radius 2 is 2.32 bits per heavy atom. The topological polar surface area (TPSA) is 68.9 Å². The molecule has 19 heavy (non-hydrogen) atoms. The SMILES string of the molecule is CCOC(=O)C(O)c1cc(OC)c2occc2c1Cl. The van der Waals surface area contributed by atoms with Crippen LogP contribution >= 0.6 is 11.6 Å². The number of carbonyl (C=O) groups excluding carboxylic acids is 1. The summed E-state index contributed by atoms with van der Waals surface area (Å²) < 4.78 is 15.2. The van der Waals surface area contributed by atoms with Crippen LogP contribution in [0.3, 0.4) is 0 Å². The molecule has 0 spiro atoms. The fourth-order valence-electron chi connectivity index (χ4n) is 1.80. The number of furan rings is 1. The van der Waals surface area contributed by atoms with Crippen LogP contribution in [0, 0.1) is 0 Å². The van der Waals surface area contributed by atoms with Crippen molar-refractivity contribution < 1.29 is 23.8 Å². The normalized spacial score (nSPS) is 12.4. The van der Waals surface area contributed by atoms with Gasteiger partial charge in [-0.2, -0.15) is 0 Å². The molecule has 1 aromatic heterocycles. The predicted octanol–water partition coefficient (Wildman–Crippen LogP) is 2.69. The van der Waals surface area contributed by atoms with E-state index in [4.69, 9.17) is 25.5 Å². The highest BCUT2D eigenvalue weighted by atomic mass is 35.5. The Labute approximate surface area is 114 Å². The van der Waals surface area contributed by atoms with Crippen LogP contribution in [-0.2, 0) is 9.53 Å². The first kappa shape index (κ1) is 13.7. The number of hydrogen-bond donors (Lipinski definition) is 1. The molecule has 5 nitrogen and oxygen atoms in total. The van der Waals surface area contributed by atoms with Gasteiger partial charge >= 0.3 is 5.97 Å². The number of benzene rings is 1. The van der Waals surface area contributed by atoms with Gasteiger partial charge < -0.3 is 19.0 Å². The Morgan fingerprint density at radius 1 is 1.58 bits per heavy atom. The number of hydrogen-bond acceptors (Lipinski definition) is 5. The van der Waals surface area contributed by atoms with Gasteiger partial charge in [0.25, 0.3) is 0 Å². The summed E-state index contributed by atoms with van der Waals surface area (Å²) in [6.45, 7) is 1.84. The largest absolute Gasteiger partial charge is 0.493 e. The van der Waals surface area contributed by atoms with Crippen molar-refractivity contribution in [2.75, 3.05) is 13.7 Å². The Morgan fingerprint density at radius 3 is 2.95 bits per heavy atom. The number of aliphatic hydroxyl groups is 1. The minimum Gasteiger partial charge on any atom is -0.493 e. The van der Waals surface area contributed by atoms with Gasteiger partial charge in [0.15, 0.2) is 17.4 Å². The summed E-state index contributed by atoms with van der Waals surface area (Å²) in [6, 6.07) is 3.11. The third-order valence-corrected chi connectivity index (χ3v) is 3.11. The monoisotopic (exact) mass is 284 g/mol. The van der Waals surface area contributed by atoms with Crippen molar-refractivity contribution in [1.82, 2.24) is 0 Å². The van der Waals surface area contributed by atoms with Crippen LogP contribution < -0.4 is 4.74 Å². The molecule has 1 unspecified atom stereocenters. The molecular weight excluding hydrogens is 272 g/mol. The summed E-state index contributed by atoms with van der Waals surface area (Å²) in [5.74, 6) is -0.364. The number of halogens is 1. The van der Waals surface area contributed by atoms with Gasteiger partial charge in [-0.1, -0.05) is 11.6 Å². The lowest BCUT2D eigenvalue weighted by Gasteiger charge is -2.13. The van der Waals surface area contributed by atoms with Crippen molar-refractivity contribution in [2.45, 2.75) is 13.0 Å². The molecule has 0 radical (unpaired) electrons. The smallest absolute Gasteiger partial charge is 0.339 e. The van der Waals surface area contributed by atoms with E-state index in [0.717, 1.165) is 0 Å². The third kappa shape index (κ3) is 2.39. The number of ether oxygens (including phenoxy) is 2. The highest BCUT2D eigenvalue weighted by Crippen LogP contribution is 2.38. The first-order valence-electron chi connectivity index (χ1n) is 5.68. The van der Waals surface area contributed by atoms with E-state index in [9.17, 15) is 9.90 Å². The van der Waals surface area contributed by atoms with E-state index >= 15 is 0 Å². The van der Waals surface area contributed by atoms with Crippen LogP contribution in [0.1, 0.15) is 18.6 Å². The first-order valence-corrected chi connectivity index (χ1v) is 6.06. The van der Waals surface area contributed by atoms with Crippen LogP contribution in [0.4, 0.5) is 0 Å². The number of esters is 1. The zero-order valence-electron chi connectivity index (χ0n) is 10.5.